The maximum atomic E-state index is 8.91. The van der Waals surface area contributed by atoms with E-state index >= 15 is 0 Å². The van der Waals surface area contributed by atoms with E-state index in [1.165, 1.54) is 24.6 Å². The number of hydrogen-bond acceptors (Lipinski definition) is 4. The molecule has 0 bridgehead atoms. The summed E-state index contributed by atoms with van der Waals surface area (Å²) in [5.41, 5.74) is 0. The summed E-state index contributed by atoms with van der Waals surface area (Å²) in [6.07, 6.45) is 11.2. The topological polar surface area (TPSA) is 95.2 Å². The van der Waals surface area contributed by atoms with Gasteiger partial charge in [0.15, 0.2) is 0 Å². The van der Waals surface area contributed by atoms with Crippen LogP contribution in [0.5, 0.6) is 0 Å². The Morgan fingerprint density at radius 3 is 0.909 bits per heavy atom. The molecule has 1 fully saturated rings. The first-order valence-corrected chi connectivity index (χ1v) is 12.9. The fourth-order valence-corrected chi connectivity index (χ4v) is 15.1. The molecule has 6 heteroatoms. The number of nitrogens with zero attached hydrogens (tertiary/aromatic N) is 4. The van der Waals surface area contributed by atoms with Crippen LogP contribution < -0.4 is 0 Å². The first kappa shape index (κ1) is 18.9. The summed E-state index contributed by atoms with van der Waals surface area (Å²) in [7, 11) is -2.30. The lowest BCUT2D eigenvalue weighted by molar-refractivity contribution is 1.07. The average Bonchev–Trinajstić information content (AvgIpc) is 2.56. The van der Waals surface area contributed by atoms with Gasteiger partial charge in [0.2, 0.25) is 0 Å². The summed E-state index contributed by atoms with van der Waals surface area (Å²) in [4.78, 5) is 0. The van der Waals surface area contributed by atoms with Crippen LogP contribution in [0.25, 0.3) is 0 Å². The molecule has 1 aliphatic heterocycles. The van der Waals surface area contributed by atoms with E-state index < -0.39 is 14.5 Å². The number of rotatable bonds is 8. The SMILES string of the molecule is N#CCC[P+]1(CCC#N)CC[P+](CCC#N)(CCC#N)CC1. The van der Waals surface area contributed by atoms with Crippen LogP contribution in [-0.2, 0) is 0 Å². The minimum atomic E-state index is -1.15. The Kier molecular flexibility index (Phi) is 8.37. The van der Waals surface area contributed by atoms with Crippen LogP contribution in [0.1, 0.15) is 25.7 Å². The summed E-state index contributed by atoms with van der Waals surface area (Å²) in [6, 6.07) is 9.09. The molecule has 0 atom stereocenters. The number of hydrogen-bond donors (Lipinski definition) is 0. The van der Waals surface area contributed by atoms with Crippen LogP contribution in [0, 0.1) is 45.3 Å². The molecule has 0 aromatic carbocycles. The third kappa shape index (κ3) is 5.55. The van der Waals surface area contributed by atoms with Crippen LogP contribution in [0.2, 0.25) is 0 Å². The molecule has 0 aliphatic carbocycles. The molecule has 116 valence electrons. The molecule has 0 spiro atoms. The van der Waals surface area contributed by atoms with E-state index in [1.54, 1.807) is 0 Å². The molecule has 0 aromatic rings. The highest BCUT2D eigenvalue weighted by Crippen LogP contribution is 2.72. The van der Waals surface area contributed by atoms with Gasteiger partial charge < -0.3 is 0 Å². The van der Waals surface area contributed by atoms with Crippen molar-refractivity contribution in [2.24, 2.45) is 0 Å². The van der Waals surface area contributed by atoms with Gasteiger partial charge in [-0.25, -0.2) is 0 Å². The van der Waals surface area contributed by atoms with E-state index in [1.807, 2.05) is 0 Å². The zero-order chi connectivity index (χ0) is 16.3. The predicted octanol–water partition coefficient (Wildman–Crippen LogP) is 3.69. The molecule has 1 aliphatic rings. The van der Waals surface area contributed by atoms with E-state index in [4.69, 9.17) is 21.0 Å². The lowest BCUT2D eigenvalue weighted by Crippen LogP contribution is -2.28. The first-order valence-electron chi connectivity index (χ1n) is 7.84. The molecular formula is C16H24N4P2+2. The smallest absolute Gasteiger partial charge is 0.0931 e. The van der Waals surface area contributed by atoms with Crippen molar-refractivity contribution in [1.82, 2.24) is 0 Å². The van der Waals surface area contributed by atoms with E-state index in [0.717, 1.165) is 24.6 Å². The van der Waals surface area contributed by atoms with Crippen molar-refractivity contribution in [2.45, 2.75) is 25.7 Å². The third-order valence-corrected chi connectivity index (χ3v) is 15.0. The van der Waals surface area contributed by atoms with Crippen LogP contribution in [0.4, 0.5) is 0 Å². The Bertz CT molecular complexity index is 422. The average molecular weight is 334 g/mol. The van der Waals surface area contributed by atoms with E-state index in [0.29, 0.717) is 25.7 Å². The molecule has 4 nitrogen and oxygen atoms in total. The quantitative estimate of drug-likeness (QED) is 0.632. The lowest BCUT2D eigenvalue weighted by Gasteiger charge is -2.37. The van der Waals surface area contributed by atoms with Gasteiger partial charge in [-0.1, -0.05) is 0 Å². The highest BCUT2D eigenvalue weighted by atomic mass is 31.2. The fourth-order valence-electron chi connectivity index (χ4n) is 3.34. The van der Waals surface area contributed by atoms with E-state index in [-0.39, 0.29) is 0 Å². The molecule has 1 saturated heterocycles. The van der Waals surface area contributed by atoms with Gasteiger partial charge in [-0.3, -0.25) is 0 Å². The van der Waals surface area contributed by atoms with Gasteiger partial charge in [0.25, 0.3) is 0 Å². The Hall–Kier alpha value is -1.18. The maximum Gasteiger partial charge on any atom is 0.0931 e. The van der Waals surface area contributed by atoms with Gasteiger partial charge in [0, 0.05) is 14.5 Å². The summed E-state index contributed by atoms with van der Waals surface area (Å²) in [5.74, 6) is 0. The van der Waals surface area contributed by atoms with Gasteiger partial charge in [0.1, 0.15) is 0 Å². The fraction of sp³-hybridized carbons (Fsp3) is 0.750. The molecule has 0 saturated carbocycles. The molecule has 0 aromatic heterocycles. The van der Waals surface area contributed by atoms with Crippen molar-refractivity contribution in [3.8, 4) is 24.3 Å². The molecule has 0 radical (unpaired) electrons. The lowest BCUT2D eigenvalue weighted by atomic mass is 10.5. The standard InChI is InChI=1S/C16H24N4P2/c17-5-1-9-21(10-2-6-18)13-15-22(16-14-21,11-3-7-19)12-4-8-20/h1-4,9-16H2/q+2. The number of nitriles is 4. The summed E-state index contributed by atoms with van der Waals surface area (Å²) < 4.78 is 0. The highest BCUT2D eigenvalue weighted by Gasteiger charge is 2.50. The molecule has 0 N–H and O–H groups in total. The van der Waals surface area contributed by atoms with E-state index in [9.17, 15) is 0 Å². The second-order valence-electron chi connectivity index (χ2n) is 6.10. The Labute approximate surface area is 135 Å². The zero-order valence-corrected chi connectivity index (χ0v) is 15.0. The first-order chi connectivity index (χ1) is 10.7. The van der Waals surface area contributed by atoms with Crippen LogP contribution in [-0.4, -0.2) is 49.3 Å². The van der Waals surface area contributed by atoms with Crippen LogP contribution in [0.3, 0.4) is 0 Å². The summed E-state index contributed by atoms with van der Waals surface area (Å²) >= 11 is 0. The normalized spacial score (nSPS) is 18.4. The highest BCUT2D eigenvalue weighted by molar-refractivity contribution is 7.83. The van der Waals surface area contributed by atoms with E-state index in [2.05, 4.69) is 24.3 Å². The van der Waals surface area contributed by atoms with Gasteiger partial charge >= 0.3 is 0 Å². The molecular weight excluding hydrogens is 310 g/mol. The second kappa shape index (κ2) is 9.76. The molecule has 22 heavy (non-hydrogen) atoms. The Morgan fingerprint density at radius 1 is 0.500 bits per heavy atom. The van der Waals surface area contributed by atoms with Crippen LogP contribution in [0.15, 0.2) is 0 Å². The van der Waals surface area contributed by atoms with Crippen LogP contribution >= 0.6 is 14.5 Å². The van der Waals surface area contributed by atoms with Gasteiger partial charge in [-0.2, -0.15) is 21.0 Å². The molecule has 0 amide bonds. The van der Waals surface area contributed by atoms with Crippen molar-refractivity contribution >= 4 is 14.5 Å². The molecule has 0 unspecified atom stereocenters. The summed E-state index contributed by atoms with van der Waals surface area (Å²) in [5, 5.41) is 35.6. The second-order valence-corrected chi connectivity index (χ2v) is 15.0. The van der Waals surface area contributed by atoms with Gasteiger partial charge in [0.05, 0.1) is 99.3 Å². The third-order valence-electron chi connectivity index (χ3n) is 4.89. The molecule has 1 rings (SSSR count). The monoisotopic (exact) mass is 334 g/mol. The maximum absolute atomic E-state index is 8.91. The van der Waals surface area contributed by atoms with Gasteiger partial charge in [-0.05, 0) is 0 Å². The minimum absolute atomic E-state index is 0.612. The van der Waals surface area contributed by atoms with Gasteiger partial charge in [-0.15, -0.1) is 0 Å². The van der Waals surface area contributed by atoms with Crippen molar-refractivity contribution < 1.29 is 0 Å². The predicted molar refractivity (Wildman–Crippen MR) is 93.7 cm³/mol. The van der Waals surface area contributed by atoms with Crippen molar-refractivity contribution in [3.63, 3.8) is 0 Å². The van der Waals surface area contributed by atoms with Crippen molar-refractivity contribution in [2.75, 3.05) is 49.3 Å². The Morgan fingerprint density at radius 2 is 0.727 bits per heavy atom. The molecule has 1 heterocycles. The zero-order valence-electron chi connectivity index (χ0n) is 13.2. The van der Waals surface area contributed by atoms with Crippen molar-refractivity contribution in [1.29, 1.82) is 21.0 Å². The Balaban J connectivity index is 2.75. The summed E-state index contributed by atoms with van der Waals surface area (Å²) in [6.45, 7) is 0. The largest absolute Gasteiger partial charge is 0.198 e. The minimum Gasteiger partial charge on any atom is -0.198 e. The van der Waals surface area contributed by atoms with Crippen molar-refractivity contribution in [3.05, 3.63) is 0 Å².